The van der Waals surface area contributed by atoms with Gasteiger partial charge >= 0.3 is 0 Å². The van der Waals surface area contributed by atoms with Crippen molar-refractivity contribution in [2.24, 2.45) is 0 Å². The lowest BCUT2D eigenvalue weighted by molar-refractivity contribution is 0.457. The molecule has 0 N–H and O–H groups in total. The van der Waals surface area contributed by atoms with Gasteiger partial charge in [-0.3, -0.25) is 4.57 Å². The SMILES string of the molecule is Cc1nnc(CC2C=C(c3ccc(Cl)cc3)c3ccccc3-n3c(C)nnc32)o1. The van der Waals surface area contributed by atoms with E-state index >= 15 is 0 Å². The van der Waals surface area contributed by atoms with Gasteiger partial charge in [0, 0.05) is 29.8 Å². The van der Waals surface area contributed by atoms with E-state index in [9.17, 15) is 0 Å². The molecule has 3 heterocycles. The first-order valence-electron chi connectivity index (χ1n) is 9.38. The third kappa shape index (κ3) is 3.15. The van der Waals surface area contributed by atoms with Crippen molar-refractivity contribution in [3.05, 3.63) is 94.2 Å². The highest BCUT2D eigenvalue weighted by molar-refractivity contribution is 6.30. The van der Waals surface area contributed by atoms with Gasteiger partial charge in [-0.15, -0.1) is 20.4 Å². The number of halogens is 1. The Hall–Kier alpha value is -3.25. The van der Waals surface area contributed by atoms with E-state index in [2.05, 4.69) is 43.2 Å². The van der Waals surface area contributed by atoms with E-state index in [1.165, 1.54) is 0 Å². The van der Waals surface area contributed by atoms with Crippen LogP contribution < -0.4 is 0 Å². The van der Waals surface area contributed by atoms with Gasteiger partial charge in [0.15, 0.2) is 0 Å². The monoisotopic (exact) mass is 403 g/mol. The molecule has 5 rings (SSSR count). The number of para-hydroxylation sites is 1. The zero-order valence-corrected chi connectivity index (χ0v) is 16.8. The minimum Gasteiger partial charge on any atom is -0.426 e. The van der Waals surface area contributed by atoms with Crippen LogP contribution >= 0.6 is 11.6 Å². The van der Waals surface area contributed by atoms with Crippen LogP contribution in [0.15, 0.2) is 59.0 Å². The zero-order valence-electron chi connectivity index (χ0n) is 16.0. The Labute approximate surface area is 172 Å². The standard InChI is InChI=1S/C22H18ClN5O/c1-13-24-27-22-16(12-21-26-25-14(2)29-21)11-19(15-7-9-17(23)10-8-15)18-5-3-4-6-20(18)28(13)22/h3-11,16H,12H2,1-2H3. The summed E-state index contributed by atoms with van der Waals surface area (Å²) in [4.78, 5) is 0. The first-order chi connectivity index (χ1) is 14.1. The lowest BCUT2D eigenvalue weighted by Crippen LogP contribution is -2.09. The van der Waals surface area contributed by atoms with Crippen molar-refractivity contribution in [3.8, 4) is 5.69 Å². The summed E-state index contributed by atoms with van der Waals surface area (Å²) in [5.41, 5.74) is 4.37. The van der Waals surface area contributed by atoms with Gasteiger partial charge < -0.3 is 4.42 Å². The molecule has 0 spiro atoms. The van der Waals surface area contributed by atoms with Crippen LogP contribution in [0.1, 0.15) is 40.5 Å². The minimum absolute atomic E-state index is 0.0749. The van der Waals surface area contributed by atoms with Gasteiger partial charge in [0.2, 0.25) is 11.8 Å². The fourth-order valence-corrected chi connectivity index (χ4v) is 3.94. The summed E-state index contributed by atoms with van der Waals surface area (Å²) >= 11 is 6.13. The Morgan fingerprint density at radius 2 is 1.76 bits per heavy atom. The van der Waals surface area contributed by atoms with E-state index in [4.69, 9.17) is 16.0 Å². The minimum atomic E-state index is -0.0749. The third-order valence-electron chi connectivity index (χ3n) is 5.10. The smallest absolute Gasteiger partial charge is 0.217 e. The number of hydrogen-bond acceptors (Lipinski definition) is 5. The van der Waals surface area contributed by atoms with Gasteiger partial charge in [-0.1, -0.05) is 48.0 Å². The Balaban J connectivity index is 1.73. The van der Waals surface area contributed by atoms with E-state index in [0.29, 0.717) is 23.2 Å². The third-order valence-corrected chi connectivity index (χ3v) is 5.35. The summed E-state index contributed by atoms with van der Waals surface area (Å²) < 4.78 is 7.77. The maximum atomic E-state index is 6.13. The maximum absolute atomic E-state index is 6.13. The maximum Gasteiger partial charge on any atom is 0.217 e. The molecule has 2 aromatic heterocycles. The lowest BCUT2D eigenvalue weighted by atomic mass is 9.93. The molecule has 7 heteroatoms. The van der Waals surface area contributed by atoms with Crippen molar-refractivity contribution in [2.75, 3.05) is 0 Å². The molecule has 1 atom stereocenters. The van der Waals surface area contributed by atoms with Crippen LogP contribution in [0, 0.1) is 13.8 Å². The van der Waals surface area contributed by atoms with E-state index in [0.717, 1.165) is 34.0 Å². The van der Waals surface area contributed by atoms with Crippen LogP contribution in [0.3, 0.4) is 0 Å². The molecular weight excluding hydrogens is 386 g/mol. The summed E-state index contributed by atoms with van der Waals surface area (Å²) in [6.45, 7) is 3.76. The second kappa shape index (κ2) is 6.97. The number of benzene rings is 2. The molecule has 144 valence electrons. The second-order valence-corrected chi connectivity index (χ2v) is 7.51. The molecule has 1 aliphatic heterocycles. The normalized spacial score (nSPS) is 15.4. The van der Waals surface area contributed by atoms with Crippen molar-refractivity contribution in [2.45, 2.75) is 26.2 Å². The Kier molecular flexibility index (Phi) is 4.28. The largest absolute Gasteiger partial charge is 0.426 e. The van der Waals surface area contributed by atoms with Crippen LogP contribution in [-0.4, -0.2) is 25.0 Å². The molecule has 0 amide bonds. The molecule has 0 saturated carbocycles. The molecule has 0 aliphatic carbocycles. The van der Waals surface area contributed by atoms with Crippen molar-refractivity contribution < 1.29 is 4.42 Å². The molecule has 0 radical (unpaired) electrons. The number of nitrogens with zero attached hydrogens (tertiary/aromatic N) is 5. The van der Waals surface area contributed by atoms with Crippen LogP contribution in [-0.2, 0) is 6.42 Å². The topological polar surface area (TPSA) is 69.6 Å². The van der Waals surface area contributed by atoms with Crippen molar-refractivity contribution in [1.29, 1.82) is 0 Å². The summed E-state index contributed by atoms with van der Waals surface area (Å²) in [6, 6.07) is 16.2. The van der Waals surface area contributed by atoms with E-state index in [1.807, 2.05) is 43.3 Å². The zero-order chi connectivity index (χ0) is 20.0. The van der Waals surface area contributed by atoms with E-state index < -0.39 is 0 Å². The summed E-state index contributed by atoms with van der Waals surface area (Å²) in [7, 11) is 0. The van der Waals surface area contributed by atoms with Gasteiger partial charge in [-0.25, -0.2) is 0 Å². The molecule has 1 aliphatic rings. The highest BCUT2D eigenvalue weighted by Crippen LogP contribution is 2.38. The molecule has 0 bridgehead atoms. The van der Waals surface area contributed by atoms with Gasteiger partial charge in [0.05, 0.1) is 5.69 Å². The molecule has 0 fully saturated rings. The van der Waals surface area contributed by atoms with Gasteiger partial charge in [-0.05, 0) is 36.3 Å². The van der Waals surface area contributed by atoms with Crippen LogP contribution in [0.5, 0.6) is 0 Å². The fourth-order valence-electron chi connectivity index (χ4n) is 3.82. The second-order valence-electron chi connectivity index (χ2n) is 7.07. The molecule has 6 nitrogen and oxygen atoms in total. The number of aryl methyl sites for hydroxylation is 2. The van der Waals surface area contributed by atoms with Gasteiger partial charge in [0.1, 0.15) is 11.6 Å². The van der Waals surface area contributed by atoms with Gasteiger partial charge in [-0.2, -0.15) is 0 Å². The number of fused-ring (bicyclic) bond motifs is 3. The number of rotatable bonds is 3. The number of allylic oxidation sites excluding steroid dienone is 1. The van der Waals surface area contributed by atoms with Crippen LogP contribution in [0.2, 0.25) is 5.02 Å². The summed E-state index contributed by atoms with van der Waals surface area (Å²) in [5, 5.41) is 17.7. The summed E-state index contributed by atoms with van der Waals surface area (Å²) in [6.07, 6.45) is 2.76. The van der Waals surface area contributed by atoms with E-state index in [1.54, 1.807) is 6.92 Å². The number of hydrogen-bond donors (Lipinski definition) is 0. The summed E-state index contributed by atoms with van der Waals surface area (Å²) in [5.74, 6) is 2.75. The molecule has 4 aromatic rings. The first kappa shape index (κ1) is 17.8. The predicted octanol–water partition coefficient (Wildman–Crippen LogP) is 4.69. The highest BCUT2D eigenvalue weighted by atomic mass is 35.5. The molecular formula is C22H18ClN5O. The molecule has 2 aromatic carbocycles. The highest BCUT2D eigenvalue weighted by Gasteiger charge is 2.28. The van der Waals surface area contributed by atoms with Crippen molar-refractivity contribution in [1.82, 2.24) is 25.0 Å². The van der Waals surface area contributed by atoms with Crippen molar-refractivity contribution >= 4 is 17.2 Å². The van der Waals surface area contributed by atoms with E-state index in [-0.39, 0.29) is 5.92 Å². The molecule has 0 saturated heterocycles. The molecule has 29 heavy (non-hydrogen) atoms. The van der Waals surface area contributed by atoms with Crippen LogP contribution in [0.25, 0.3) is 11.3 Å². The quantitative estimate of drug-likeness (QED) is 0.496. The Morgan fingerprint density at radius 1 is 0.966 bits per heavy atom. The Bertz CT molecular complexity index is 1220. The fraction of sp³-hybridized carbons (Fsp3) is 0.182. The number of aromatic nitrogens is 5. The average molecular weight is 404 g/mol. The molecule has 1 unspecified atom stereocenters. The Morgan fingerprint density at radius 3 is 2.52 bits per heavy atom. The predicted molar refractivity (Wildman–Crippen MR) is 110 cm³/mol. The van der Waals surface area contributed by atoms with Crippen LogP contribution in [0.4, 0.5) is 0 Å². The lowest BCUT2D eigenvalue weighted by Gasteiger charge is -2.13. The van der Waals surface area contributed by atoms with Crippen molar-refractivity contribution in [3.63, 3.8) is 0 Å². The first-order valence-corrected chi connectivity index (χ1v) is 9.76. The average Bonchev–Trinajstić information content (AvgIpc) is 3.27. The van der Waals surface area contributed by atoms with Gasteiger partial charge in [0.25, 0.3) is 0 Å².